The summed E-state index contributed by atoms with van der Waals surface area (Å²) in [6, 6.07) is 4.31. The molecule has 0 atom stereocenters. The van der Waals surface area contributed by atoms with Gasteiger partial charge in [0.15, 0.2) is 11.4 Å². The Kier molecular flexibility index (Phi) is 4.49. The molecule has 2 rings (SSSR count). The van der Waals surface area contributed by atoms with Crippen LogP contribution in [0.2, 0.25) is 0 Å². The van der Waals surface area contributed by atoms with E-state index in [4.69, 9.17) is 9.56 Å². The van der Waals surface area contributed by atoms with Crippen molar-refractivity contribution in [1.82, 2.24) is 4.98 Å². The average Bonchev–Trinajstić information content (AvgIpc) is 2.34. The van der Waals surface area contributed by atoms with Crippen LogP contribution in [0.4, 0.5) is 5.82 Å². The number of hydrogen-bond acceptors (Lipinski definition) is 6. The number of sulfonamides is 1. The number of benzene rings is 1. The van der Waals surface area contributed by atoms with E-state index in [1.54, 1.807) is 0 Å². The predicted molar refractivity (Wildman–Crippen MR) is 94.1 cm³/mol. The third kappa shape index (κ3) is 4.78. The van der Waals surface area contributed by atoms with Crippen LogP contribution in [0.15, 0.2) is 32.5 Å². The molecule has 132 valence electrons. The first-order chi connectivity index (χ1) is 10.7. The predicted octanol–water partition coefficient (Wildman–Crippen LogP) is 2.38. The zero-order valence-electron chi connectivity index (χ0n) is 14.8. The monoisotopic (exact) mass is 352 g/mol. The lowest BCUT2D eigenvalue weighted by Crippen LogP contribution is -2.31. The van der Waals surface area contributed by atoms with Gasteiger partial charge in [-0.25, -0.2) is 23.5 Å². The summed E-state index contributed by atoms with van der Waals surface area (Å²) in [6.07, 6.45) is 0. The highest BCUT2D eigenvalue weighted by atomic mass is 32.2. The Bertz CT molecular complexity index is 932. The summed E-state index contributed by atoms with van der Waals surface area (Å²) in [5, 5.41) is 8.42. The second-order valence-corrected chi connectivity index (χ2v) is 9.26. The molecule has 1 aromatic carbocycles. The minimum atomic E-state index is -3.81. The van der Waals surface area contributed by atoms with E-state index in [2.05, 4.69) is 15.3 Å². The molecule has 3 N–H and O–H groups in total. The Hall–Kier alpha value is -1.93. The van der Waals surface area contributed by atoms with Gasteiger partial charge in [0.2, 0.25) is 10.0 Å². The van der Waals surface area contributed by atoms with Gasteiger partial charge in [-0.05, 0) is 59.7 Å². The van der Waals surface area contributed by atoms with Crippen molar-refractivity contribution < 1.29 is 12.8 Å². The highest BCUT2D eigenvalue weighted by Crippen LogP contribution is 2.19. The van der Waals surface area contributed by atoms with E-state index >= 15 is 0 Å². The number of fused-ring (bicyclic) bond motifs is 1. The number of aromatic nitrogens is 1. The lowest BCUT2D eigenvalue weighted by atomic mass is 10.1. The first kappa shape index (κ1) is 18.4. The molecule has 0 radical (unpaired) electrons. The molecule has 2 aromatic rings. The minimum Gasteiger partial charge on any atom is -0.434 e. The third-order valence-electron chi connectivity index (χ3n) is 2.83. The van der Waals surface area contributed by atoms with E-state index in [0.29, 0.717) is 22.5 Å². The van der Waals surface area contributed by atoms with Crippen LogP contribution in [-0.4, -0.2) is 24.5 Å². The smallest absolute Gasteiger partial charge is 0.258 e. The molecule has 0 saturated heterocycles. The molecular weight excluding hydrogens is 328 g/mol. The van der Waals surface area contributed by atoms with E-state index in [-0.39, 0.29) is 16.0 Å². The van der Waals surface area contributed by atoms with E-state index < -0.39 is 10.0 Å². The largest absolute Gasteiger partial charge is 0.434 e. The molecule has 0 saturated carbocycles. The molecule has 0 amide bonds. The van der Waals surface area contributed by atoms with Crippen LogP contribution in [0.25, 0.3) is 11.1 Å². The van der Waals surface area contributed by atoms with Crippen LogP contribution in [0.5, 0.6) is 0 Å². The number of rotatable bonds is 2. The molecule has 0 unspecified atom stereocenters. The zero-order chi connectivity index (χ0) is 18.3. The Morgan fingerprint density at radius 3 is 2.29 bits per heavy atom. The van der Waals surface area contributed by atoms with Crippen molar-refractivity contribution in [1.29, 1.82) is 0 Å². The maximum Gasteiger partial charge on any atom is 0.258 e. The summed E-state index contributed by atoms with van der Waals surface area (Å²) in [5.41, 5.74) is 0.572. The van der Waals surface area contributed by atoms with Crippen molar-refractivity contribution in [2.75, 3.05) is 5.32 Å². The Morgan fingerprint density at radius 1 is 1.17 bits per heavy atom. The number of hydrogen-bond donors (Lipinski definition) is 2. The van der Waals surface area contributed by atoms with Gasteiger partial charge in [0.25, 0.3) is 5.55 Å². The molecule has 1 heterocycles. The summed E-state index contributed by atoms with van der Waals surface area (Å²) < 4.78 is 28.9. The zero-order valence-corrected chi connectivity index (χ0v) is 15.7. The summed E-state index contributed by atoms with van der Waals surface area (Å²) in [4.78, 5) is 9.05. The van der Waals surface area contributed by atoms with Crippen molar-refractivity contribution in [3.8, 4) is 0 Å². The van der Waals surface area contributed by atoms with E-state index in [1.807, 2.05) is 41.5 Å². The van der Waals surface area contributed by atoms with Gasteiger partial charge in [-0.2, -0.15) is 0 Å². The summed E-state index contributed by atoms with van der Waals surface area (Å²) >= 11 is 0. The fourth-order valence-corrected chi connectivity index (χ4v) is 2.52. The quantitative estimate of drug-likeness (QED) is 0.862. The Morgan fingerprint density at radius 2 is 1.79 bits per heavy atom. The highest BCUT2D eigenvalue weighted by Gasteiger charge is 2.17. The molecule has 0 aliphatic heterocycles. The van der Waals surface area contributed by atoms with Crippen LogP contribution >= 0.6 is 0 Å². The Balaban J connectivity index is 2.77. The van der Waals surface area contributed by atoms with E-state index in [0.717, 1.165) is 0 Å². The normalized spacial score (nSPS) is 14.2. The number of nitrogens with zero attached hydrogens (tertiary/aromatic N) is 2. The number of anilines is 1. The fraction of sp³-hybridized carbons (Fsp3) is 0.500. The van der Waals surface area contributed by atoms with Crippen molar-refractivity contribution in [2.45, 2.75) is 57.5 Å². The molecular formula is C16H24N4O3S. The second kappa shape index (κ2) is 5.86. The lowest BCUT2D eigenvalue weighted by Gasteiger charge is -2.21. The molecule has 0 bridgehead atoms. The maximum absolute atomic E-state index is 11.5. The van der Waals surface area contributed by atoms with Gasteiger partial charge < -0.3 is 9.73 Å². The van der Waals surface area contributed by atoms with E-state index in [1.165, 1.54) is 18.2 Å². The van der Waals surface area contributed by atoms with Gasteiger partial charge in [0.1, 0.15) is 5.52 Å². The Labute approximate surface area is 142 Å². The highest BCUT2D eigenvalue weighted by molar-refractivity contribution is 7.89. The first-order valence-electron chi connectivity index (χ1n) is 7.56. The standard InChI is InChI=1S/C16H24N4O3S/c1-15(2,3)19-13-14(20-16(4,5)6)23-12-8-7-10(24(17,21)22)9-11(12)18-13/h7-9H,1-6H3,(H,18,19)(H2,17,21,22). The van der Waals surface area contributed by atoms with Crippen molar-refractivity contribution in [3.63, 3.8) is 0 Å². The number of nitrogens with two attached hydrogens (primary N) is 1. The molecule has 0 fully saturated rings. The van der Waals surface area contributed by atoms with E-state index in [9.17, 15) is 8.42 Å². The average molecular weight is 352 g/mol. The van der Waals surface area contributed by atoms with Gasteiger partial charge in [-0.15, -0.1) is 0 Å². The van der Waals surface area contributed by atoms with Crippen LogP contribution in [0.1, 0.15) is 41.5 Å². The summed E-state index contributed by atoms with van der Waals surface area (Å²) in [7, 11) is -3.81. The minimum absolute atomic E-state index is 0.0140. The van der Waals surface area contributed by atoms with Gasteiger partial charge in [0.05, 0.1) is 10.4 Å². The van der Waals surface area contributed by atoms with Crippen molar-refractivity contribution >= 4 is 26.9 Å². The fourth-order valence-electron chi connectivity index (χ4n) is 1.99. The van der Waals surface area contributed by atoms with Crippen LogP contribution in [0, 0.1) is 0 Å². The van der Waals surface area contributed by atoms with Crippen LogP contribution in [0.3, 0.4) is 0 Å². The van der Waals surface area contributed by atoms with Crippen LogP contribution in [-0.2, 0) is 10.0 Å². The third-order valence-corrected chi connectivity index (χ3v) is 3.74. The summed E-state index contributed by atoms with van der Waals surface area (Å²) in [5.74, 6) is 0.455. The molecule has 8 heteroatoms. The molecule has 1 aromatic heterocycles. The molecule has 7 nitrogen and oxygen atoms in total. The van der Waals surface area contributed by atoms with Gasteiger partial charge in [0, 0.05) is 5.54 Å². The lowest BCUT2D eigenvalue weighted by molar-refractivity contribution is 0.472. The van der Waals surface area contributed by atoms with Crippen molar-refractivity contribution in [3.05, 3.63) is 23.8 Å². The summed E-state index contributed by atoms with van der Waals surface area (Å²) in [6.45, 7) is 11.8. The number of nitrogens with one attached hydrogen (secondary N) is 1. The topological polar surface area (TPSA) is 111 Å². The molecule has 0 aliphatic carbocycles. The second-order valence-electron chi connectivity index (χ2n) is 7.70. The van der Waals surface area contributed by atoms with Gasteiger partial charge in [-0.1, -0.05) is 0 Å². The van der Waals surface area contributed by atoms with Gasteiger partial charge >= 0.3 is 0 Å². The SMILES string of the molecule is CC(C)(C)N=c1oc2ccc(S(N)(=O)=O)cc2nc1NC(C)(C)C. The first-order valence-corrected chi connectivity index (χ1v) is 9.11. The molecule has 0 aliphatic rings. The van der Waals surface area contributed by atoms with Crippen molar-refractivity contribution in [2.24, 2.45) is 10.1 Å². The molecule has 0 spiro atoms. The molecule has 24 heavy (non-hydrogen) atoms. The number of primary sulfonamides is 1. The van der Waals surface area contributed by atoms with Gasteiger partial charge in [-0.3, -0.25) is 0 Å². The maximum atomic E-state index is 11.5. The van der Waals surface area contributed by atoms with Crippen LogP contribution < -0.4 is 16.0 Å².